The molecule has 0 aromatic carbocycles. The van der Waals surface area contributed by atoms with Gasteiger partial charge in [-0.25, -0.2) is 12.7 Å². The number of nitrogens with zero attached hydrogens (tertiary/aromatic N) is 2. The summed E-state index contributed by atoms with van der Waals surface area (Å²) in [4.78, 5) is 0. The maximum atomic E-state index is 11.8. The Bertz CT molecular complexity index is 269. The summed E-state index contributed by atoms with van der Waals surface area (Å²) in [7, 11) is -3.03. The van der Waals surface area contributed by atoms with Gasteiger partial charge in [0.2, 0.25) is 10.0 Å². The Morgan fingerprint density at radius 1 is 1.14 bits per heavy atom. The highest BCUT2D eigenvalue weighted by Crippen LogP contribution is 2.15. The van der Waals surface area contributed by atoms with Crippen LogP contribution in [0.15, 0.2) is 0 Å². The average molecular weight is 238 g/mol. The van der Waals surface area contributed by atoms with E-state index in [0.717, 1.165) is 13.1 Å². The van der Waals surface area contributed by atoms with Crippen molar-refractivity contribution >= 4 is 22.0 Å². The summed E-state index contributed by atoms with van der Waals surface area (Å²) >= 11 is 1.68. The Balaban J connectivity index is 2.58. The predicted octanol–water partition coefficient (Wildman–Crippen LogP) is 0.620. The molecule has 1 aliphatic heterocycles. The van der Waals surface area contributed by atoms with E-state index < -0.39 is 10.0 Å². The minimum atomic E-state index is -3.03. The molecule has 14 heavy (non-hydrogen) atoms. The molecule has 1 fully saturated rings. The normalized spacial score (nSPS) is 21.7. The smallest absolute Gasteiger partial charge is 0.216 e. The van der Waals surface area contributed by atoms with Crippen LogP contribution in [-0.2, 0) is 10.0 Å². The van der Waals surface area contributed by atoms with Crippen LogP contribution >= 0.6 is 11.9 Å². The number of sulfonamides is 1. The highest BCUT2D eigenvalue weighted by Gasteiger charge is 2.28. The summed E-state index contributed by atoms with van der Waals surface area (Å²) in [5, 5.41) is -0.302. The SMILES string of the molecule is CSN1CCN(S(=O)(=O)C(C)C)CC1. The molecule has 1 rings (SSSR count). The highest BCUT2D eigenvalue weighted by atomic mass is 32.2. The van der Waals surface area contributed by atoms with E-state index in [1.54, 1.807) is 30.1 Å². The van der Waals surface area contributed by atoms with Crippen LogP contribution < -0.4 is 0 Å². The fourth-order valence-corrected chi connectivity index (χ4v) is 3.20. The van der Waals surface area contributed by atoms with Crippen LogP contribution in [0.2, 0.25) is 0 Å². The molecule has 1 saturated heterocycles. The molecule has 1 aliphatic rings. The summed E-state index contributed by atoms with van der Waals surface area (Å²) < 4.78 is 27.4. The Kier molecular flexibility index (Phi) is 4.24. The third kappa shape index (κ3) is 2.62. The van der Waals surface area contributed by atoms with Crippen molar-refractivity contribution in [3.8, 4) is 0 Å². The van der Waals surface area contributed by atoms with E-state index in [0.29, 0.717) is 13.1 Å². The van der Waals surface area contributed by atoms with Gasteiger partial charge in [0.05, 0.1) is 5.25 Å². The minimum absolute atomic E-state index is 0.302. The number of hydrogen-bond acceptors (Lipinski definition) is 4. The summed E-state index contributed by atoms with van der Waals surface area (Å²) in [6.07, 6.45) is 2.02. The van der Waals surface area contributed by atoms with Gasteiger partial charge in [-0.15, -0.1) is 0 Å². The first kappa shape index (κ1) is 12.3. The highest BCUT2D eigenvalue weighted by molar-refractivity contribution is 7.96. The molecule has 6 heteroatoms. The molecule has 0 bridgehead atoms. The quantitative estimate of drug-likeness (QED) is 0.676. The molecule has 0 radical (unpaired) electrons. The van der Waals surface area contributed by atoms with E-state index in [1.165, 1.54) is 0 Å². The van der Waals surface area contributed by atoms with Gasteiger partial charge in [-0.05, 0) is 20.1 Å². The lowest BCUT2D eigenvalue weighted by Crippen LogP contribution is -2.48. The molecule has 0 saturated carbocycles. The van der Waals surface area contributed by atoms with E-state index in [9.17, 15) is 8.42 Å². The number of hydrogen-bond donors (Lipinski definition) is 0. The van der Waals surface area contributed by atoms with Gasteiger partial charge in [-0.2, -0.15) is 4.31 Å². The lowest BCUT2D eigenvalue weighted by Gasteiger charge is -2.33. The van der Waals surface area contributed by atoms with Gasteiger partial charge in [0.25, 0.3) is 0 Å². The fourth-order valence-electron chi connectivity index (χ4n) is 1.40. The molecule has 0 unspecified atom stereocenters. The van der Waals surface area contributed by atoms with E-state index >= 15 is 0 Å². The fraction of sp³-hybridized carbons (Fsp3) is 1.00. The van der Waals surface area contributed by atoms with E-state index in [-0.39, 0.29) is 5.25 Å². The molecular weight excluding hydrogens is 220 g/mol. The van der Waals surface area contributed by atoms with Crippen molar-refractivity contribution in [3.05, 3.63) is 0 Å². The first-order valence-electron chi connectivity index (χ1n) is 4.76. The molecule has 0 spiro atoms. The maximum absolute atomic E-state index is 11.8. The molecule has 4 nitrogen and oxygen atoms in total. The maximum Gasteiger partial charge on any atom is 0.216 e. The van der Waals surface area contributed by atoms with Gasteiger partial charge in [0, 0.05) is 26.2 Å². The zero-order chi connectivity index (χ0) is 10.8. The van der Waals surface area contributed by atoms with Crippen molar-refractivity contribution in [3.63, 3.8) is 0 Å². The Hall–Kier alpha value is 0.220. The van der Waals surface area contributed by atoms with Gasteiger partial charge < -0.3 is 0 Å². The molecule has 84 valence electrons. The second-order valence-electron chi connectivity index (χ2n) is 3.60. The van der Waals surface area contributed by atoms with Crippen molar-refractivity contribution in [1.29, 1.82) is 0 Å². The monoisotopic (exact) mass is 238 g/mol. The number of rotatable bonds is 3. The van der Waals surface area contributed by atoms with E-state index in [2.05, 4.69) is 4.31 Å². The van der Waals surface area contributed by atoms with Gasteiger partial charge >= 0.3 is 0 Å². The summed E-state index contributed by atoms with van der Waals surface area (Å²) in [6, 6.07) is 0. The lowest BCUT2D eigenvalue weighted by molar-refractivity contribution is 0.288. The Labute approximate surface area is 90.8 Å². The number of piperazine rings is 1. The molecule has 0 aliphatic carbocycles. The van der Waals surface area contributed by atoms with Crippen molar-refractivity contribution in [2.45, 2.75) is 19.1 Å². The third-order valence-corrected chi connectivity index (χ3v) is 5.57. The largest absolute Gasteiger partial charge is 0.248 e. The van der Waals surface area contributed by atoms with E-state index in [4.69, 9.17) is 0 Å². The van der Waals surface area contributed by atoms with Crippen molar-refractivity contribution in [2.24, 2.45) is 0 Å². The zero-order valence-electron chi connectivity index (χ0n) is 8.93. The zero-order valence-corrected chi connectivity index (χ0v) is 10.6. The Morgan fingerprint density at radius 2 is 1.64 bits per heavy atom. The molecule has 0 aromatic rings. The van der Waals surface area contributed by atoms with Crippen LogP contribution in [0.1, 0.15) is 13.8 Å². The molecule has 0 aromatic heterocycles. The van der Waals surface area contributed by atoms with Crippen LogP contribution in [0.3, 0.4) is 0 Å². The molecule has 0 amide bonds. The summed E-state index contributed by atoms with van der Waals surface area (Å²) in [6.45, 7) is 6.37. The van der Waals surface area contributed by atoms with Gasteiger partial charge in [-0.3, -0.25) is 0 Å². The average Bonchev–Trinajstić information content (AvgIpc) is 2.17. The van der Waals surface area contributed by atoms with Gasteiger partial charge in [0.1, 0.15) is 0 Å². The van der Waals surface area contributed by atoms with Crippen LogP contribution in [0.25, 0.3) is 0 Å². The van der Waals surface area contributed by atoms with Gasteiger partial charge in [-0.1, -0.05) is 11.9 Å². The predicted molar refractivity (Wildman–Crippen MR) is 60.7 cm³/mol. The first-order chi connectivity index (χ1) is 6.48. The van der Waals surface area contributed by atoms with Gasteiger partial charge in [0.15, 0.2) is 0 Å². The molecule has 0 N–H and O–H groups in total. The first-order valence-corrected chi connectivity index (χ1v) is 7.45. The van der Waals surface area contributed by atoms with Crippen molar-refractivity contribution < 1.29 is 8.42 Å². The van der Waals surface area contributed by atoms with Crippen molar-refractivity contribution in [1.82, 2.24) is 8.61 Å². The van der Waals surface area contributed by atoms with Crippen molar-refractivity contribution in [2.75, 3.05) is 32.4 Å². The molecular formula is C8H18N2O2S2. The Morgan fingerprint density at radius 3 is 2.00 bits per heavy atom. The third-order valence-electron chi connectivity index (χ3n) is 2.41. The molecule has 1 heterocycles. The second-order valence-corrected chi connectivity index (χ2v) is 6.98. The molecule has 0 atom stereocenters. The second kappa shape index (κ2) is 4.83. The van der Waals surface area contributed by atoms with Crippen LogP contribution in [0, 0.1) is 0 Å². The topological polar surface area (TPSA) is 40.6 Å². The minimum Gasteiger partial charge on any atom is -0.248 e. The van der Waals surface area contributed by atoms with Crippen LogP contribution in [-0.4, -0.2) is 54.7 Å². The lowest BCUT2D eigenvalue weighted by atomic mass is 10.4. The van der Waals surface area contributed by atoms with Crippen LogP contribution in [0.4, 0.5) is 0 Å². The summed E-state index contributed by atoms with van der Waals surface area (Å²) in [5.74, 6) is 0. The van der Waals surface area contributed by atoms with Crippen LogP contribution in [0.5, 0.6) is 0 Å². The standard InChI is InChI=1S/C8H18N2O2S2/c1-8(2)14(11,12)10-6-4-9(13-3)5-7-10/h8H,4-7H2,1-3H3. The summed E-state index contributed by atoms with van der Waals surface area (Å²) in [5.41, 5.74) is 0. The van der Waals surface area contributed by atoms with E-state index in [1.807, 2.05) is 6.26 Å².